The number of rotatable bonds is 8. The maximum atomic E-state index is 12.1. The topological polar surface area (TPSA) is 75.6 Å². The number of amides is 1. The molecule has 0 fully saturated rings. The second-order valence-corrected chi connectivity index (χ2v) is 7.07. The van der Waals surface area contributed by atoms with E-state index in [2.05, 4.69) is 5.32 Å². The molecule has 0 aromatic heterocycles. The Morgan fingerprint density at radius 1 is 1.19 bits per heavy atom. The van der Waals surface area contributed by atoms with Crippen LogP contribution in [0.25, 0.3) is 0 Å². The fourth-order valence-electron chi connectivity index (χ4n) is 2.50. The molecule has 0 saturated carbocycles. The highest BCUT2D eigenvalue weighted by Crippen LogP contribution is 2.26. The molecular formula is C20H21Cl2NO4. The third kappa shape index (κ3) is 6.45. The first-order chi connectivity index (χ1) is 12.8. The molecule has 0 spiro atoms. The van der Waals surface area contributed by atoms with Gasteiger partial charge in [0.2, 0.25) is 5.91 Å². The molecule has 0 aliphatic carbocycles. The highest BCUT2D eigenvalue weighted by atomic mass is 35.5. The Balaban J connectivity index is 1.85. The van der Waals surface area contributed by atoms with Crippen LogP contribution in [-0.4, -0.2) is 23.1 Å². The second-order valence-electron chi connectivity index (χ2n) is 6.22. The van der Waals surface area contributed by atoms with Crippen LogP contribution in [0.3, 0.4) is 0 Å². The number of anilines is 1. The minimum atomic E-state index is -1.01. The number of carbonyl (C=O) groups is 2. The Morgan fingerprint density at radius 3 is 2.56 bits per heavy atom. The van der Waals surface area contributed by atoms with Crippen LogP contribution >= 0.6 is 23.2 Å². The number of hydrogen-bond donors (Lipinski definition) is 2. The van der Waals surface area contributed by atoms with Crippen molar-refractivity contribution in [3.05, 3.63) is 57.6 Å². The van der Waals surface area contributed by atoms with E-state index in [-0.39, 0.29) is 5.91 Å². The average molecular weight is 410 g/mol. The summed E-state index contributed by atoms with van der Waals surface area (Å²) in [5.74, 6) is -0.583. The maximum absolute atomic E-state index is 12.1. The quantitative estimate of drug-likeness (QED) is 0.634. The van der Waals surface area contributed by atoms with Crippen LogP contribution in [0.1, 0.15) is 30.9 Å². The summed E-state index contributed by atoms with van der Waals surface area (Å²) in [4.78, 5) is 22.9. The monoisotopic (exact) mass is 409 g/mol. The van der Waals surface area contributed by atoms with Crippen LogP contribution in [0.15, 0.2) is 36.4 Å². The Hall–Kier alpha value is -2.24. The summed E-state index contributed by atoms with van der Waals surface area (Å²) < 4.78 is 5.40. The lowest BCUT2D eigenvalue weighted by Crippen LogP contribution is -2.23. The molecule has 27 heavy (non-hydrogen) atoms. The predicted molar refractivity (Wildman–Crippen MR) is 107 cm³/mol. The number of halogens is 2. The molecule has 2 rings (SSSR count). The van der Waals surface area contributed by atoms with Gasteiger partial charge < -0.3 is 15.2 Å². The van der Waals surface area contributed by atoms with Crippen LogP contribution in [0.5, 0.6) is 5.75 Å². The zero-order valence-corrected chi connectivity index (χ0v) is 16.6. The lowest BCUT2D eigenvalue weighted by atomic mass is 10.0. The highest BCUT2D eigenvalue weighted by molar-refractivity contribution is 6.36. The fourth-order valence-corrected chi connectivity index (χ4v) is 2.95. The number of ether oxygens (including phenoxy) is 1. The van der Waals surface area contributed by atoms with Crippen LogP contribution in [0.2, 0.25) is 10.0 Å². The number of aliphatic carboxylic acids is 1. The molecule has 1 atom stereocenters. The van der Waals surface area contributed by atoms with E-state index in [9.17, 15) is 9.59 Å². The minimum absolute atomic E-state index is 0.119. The molecule has 0 aliphatic rings. The predicted octanol–water partition coefficient (Wildman–Crippen LogP) is 5.12. The van der Waals surface area contributed by atoms with Crippen molar-refractivity contribution in [1.29, 1.82) is 0 Å². The van der Waals surface area contributed by atoms with Crippen LogP contribution < -0.4 is 10.1 Å². The summed E-state index contributed by atoms with van der Waals surface area (Å²) in [7, 11) is 0. The van der Waals surface area contributed by atoms with E-state index in [1.807, 2.05) is 19.1 Å². The average Bonchev–Trinajstić information content (AvgIpc) is 2.59. The third-order valence-electron chi connectivity index (χ3n) is 3.97. The molecule has 1 unspecified atom stereocenters. The zero-order chi connectivity index (χ0) is 20.0. The van der Waals surface area contributed by atoms with Crippen molar-refractivity contribution in [2.24, 2.45) is 0 Å². The molecule has 1 amide bonds. The summed E-state index contributed by atoms with van der Waals surface area (Å²) in [6.07, 6.45) is 0.837. The fraction of sp³-hybridized carbons (Fsp3) is 0.300. The normalized spacial score (nSPS) is 11.7. The number of carbonyl (C=O) groups excluding carboxylic acids is 1. The van der Waals surface area contributed by atoms with Crippen LogP contribution in [-0.2, 0) is 16.0 Å². The Kier molecular flexibility index (Phi) is 7.51. The van der Waals surface area contributed by atoms with Crippen molar-refractivity contribution in [2.75, 3.05) is 5.32 Å². The lowest BCUT2D eigenvalue weighted by Gasteiger charge is -2.13. The molecule has 2 N–H and O–H groups in total. The van der Waals surface area contributed by atoms with Crippen molar-refractivity contribution < 1.29 is 19.4 Å². The summed E-state index contributed by atoms with van der Waals surface area (Å²) >= 11 is 11.9. The number of carboxylic acid groups (broad SMARTS) is 1. The van der Waals surface area contributed by atoms with Gasteiger partial charge in [0.1, 0.15) is 5.75 Å². The largest absolute Gasteiger partial charge is 0.479 e. The van der Waals surface area contributed by atoms with Gasteiger partial charge >= 0.3 is 5.97 Å². The van der Waals surface area contributed by atoms with Gasteiger partial charge in [-0.2, -0.15) is 0 Å². The number of carboxylic acids is 1. The van der Waals surface area contributed by atoms with Gasteiger partial charge in [0, 0.05) is 11.4 Å². The van der Waals surface area contributed by atoms with Gasteiger partial charge in [0.05, 0.1) is 10.7 Å². The molecule has 144 valence electrons. The van der Waals surface area contributed by atoms with Crippen LogP contribution in [0.4, 0.5) is 5.69 Å². The van der Waals surface area contributed by atoms with Gasteiger partial charge in [-0.15, -0.1) is 0 Å². The summed E-state index contributed by atoms with van der Waals surface area (Å²) in [5, 5.41) is 12.6. The van der Waals surface area contributed by atoms with Crippen molar-refractivity contribution >= 4 is 40.8 Å². The highest BCUT2D eigenvalue weighted by Gasteiger charge is 2.14. The number of nitrogens with one attached hydrogen (secondary N) is 1. The van der Waals surface area contributed by atoms with Gasteiger partial charge in [-0.3, -0.25) is 4.79 Å². The molecular weight excluding hydrogens is 389 g/mol. The minimum Gasteiger partial charge on any atom is -0.479 e. The third-order valence-corrected chi connectivity index (χ3v) is 4.51. The molecule has 0 radical (unpaired) electrons. The molecule has 0 saturated heterocycles. The van der Waals surface area contributed by atoms with E-state index < -0.39 is 12.1 Å². The maximum Gasteiger partial charge on any atom is 0.344 e. The Labute approximate surface area is 168 Å². The molecule has 5 nitrogen and oxygen atoms in total. The van der Waals surface area contributed by atoms with Crippen molar-refractivity contribution in [1.82, 2.24) is 0 Å². The molecule has 2 aromatic carbocycles. The Morgan fingerprint density at radius 2 is 1.93 bits per heavy atom. The number of aryl methyl sites for hydroxylation is 2. The second kappa shape index (κ2) is 9.62. The van der Waals surface area contributed by atoms with E-state index in [1.165, 1.54) is 6.92 Å². The molecule has 0 bridgehead atoms. The standard InChI is InChI=1S/C20H21Cl2NO4/c1-12-10-14(6-9-18(12)27-13(2)20(25)26)4-3-5-19(24)23-17-8-7-15(21)11-16(17)22/h6-11,13H,3-5H2,1-2H3,(H,23,24)(H,25,26). The molecule has 2 aromatic rings. The van der Waals surface area contributed by atoms with Crippen molar-refractivity contribution in [3.8, 4) is 5.75 Å². The number of benzene rings is 2. The number of hydrogen-bond acceptors (Lipinski definition) is 3. The lowest BCUT2D eigenvalue weighted by molar-refractivity contribution is -0.144. The van der Waals surface area contributed by atoms with Gasteiger partial charge in [-0.1, -0.05) is 35.3 Å². The molecule has 7 heteroatoms. The molecule has 0 heterocycles. The van der Waals surface area contributed by atoms with E-state index in [0.29, 0.717) is 34.3 Å². The van der Waals surface area contributed by atoms with E-state index in [4.69, 9.17) is 33.0 Å². The smallest absolute Gasteiger partial charge is 0.344 e. The van der Waals surface area contributed by atoms with Gasteiger partial charge in [0.25, 0.3) is 0 Å². The summed E-state index contributed by atoms with van der Waals surface area (Å²) in [6.45, 7) is 3.35. The summed E-state index contributed by atoms with van der Waals surface area (Å²) in [5.41, 5.74) is 2.45. The first-order valence-corrected chi connectivity index (χ1v) is 9.25. The van der Waals surface area contributed by atoms with E-state index >= 15 is 0 Å². The first kappa shape index (κ1) is 21.1. The van der Waals surface area contributed by atoms with E-state index in [0.717, 1.165) is 17.5 Å². The SMILES string of the molecule is Cc1cc(CCCC(=O)Nc2ccc(Cl)cc2Cl)ccc1OC(C)C(=O)O. The van der Waals surface area contributed by atoms with Gasteiger partial charge in [0.15, 0.2) is 6.10 Å². The van der Waals surface area contributed by atoms with E-state index in [1.54, 1.807) is 24.3 Å². The summed E-state index contributed by atoms with van der Waals surface area (Å²) in [6, 6.07) is 10.5. The molecule has 0 aliphatic heterocycles. The van der Waals surface area contributed by atoms with Gasteiger partial charge in [-0.05, 0) is 62.1 Å². The first-order valence-electron chi connectivity index (χ1n) is 8.50. The van der Waals surface area contributed by atoms with Crippen molar-refractivity contribution in [2.45, 2.75) is 39.2 Å². The van der Waals surface area contributed by atoms with Crippen molar-refractivity contribution in [3.63, 3.8) is 0 Å². The van der Waals surface area contributed by atoms with Gasteiger partial charge in [-0.25, -0.2) is 4.79 Å². The van der Waals surface area contributed by atoms with Crippen LogP contribution in [0, 0.1) is 6.92 Å². The zero-order valence-electron chi connectivity index (χ0n) is 15.1. The Bertz CT molecular complexity index is 839.